The molecule has 1 heterocycles. The van der Waals surface area contributed by atoms with Crippen LogP contribution < -0.4 is 5.73 Å². The largest absolute Gasteiger partial charge is 0.398 e. The third kappa shape index (κ3) is 2.74. The SMILES string of the molecule is Nc1cc(-c2nnnn2-c2cc(F)cc(Cl)c2)ccc1Br. The van der Waals surface area contributed by atoms with E-state index in [1.54, 1.807) is 18.2 Å². The number of nitrogens with two attached hydrogens (primary N) is 1. The summed E-state index contributed by atoms with van der Waals surface area (Å²) in [5.41, 5.74) is 7.55. The average molecular weight is 369 g/mol. The van der Waals surface area contributed by atoms with Crippen LogP contribution in [0.25, 0.3) is 17.1 Å². The maximum absolute atomic E-state index is 13.5. The van der Waals surface area contributed by atoms with E-state index in [9.17, 15) is 4.39 Å². The van der Waals surface area contributed by atoms with E-state index < -0.39 is 5.82 Å². The number of benzene rings is 2. The molecule has 0 aliphatic carbocycles. The minimum Gasteiger partial charge on any atom is -0.398 e. The Kier molecular flexibility index (Phi) is 3.60. The van der Waals surface area contributed by atoms with Crippen molar-refractivity contribution in [1.82, 2.24) is 20.2 Å². The van der Waals surface area contributed by atoms with Crippen LogP contribution in [0, 0.1) is 5.82 Å². The summed E-state index contributed by atoms with van der Waals surface area (Å²) in [4.78, 5) is 0. The first-order chi connectivity index (χ1) is 10.0. The Morgan fingerprint density at radius 2 is 2.00 bits per heavy atom. The standard InChI is InChI=1S/C13H8BrClFN5/c14-11-2-1-7(3-12(11)17)13-18-19-20-21(13)10-5-8(15)4-9(16)6-10/h1-6H,17H2. The van der Waals surface area contributed by atoms with Crippen molar-refractivity contribution in [2.45, 2.75) is 0 Å². The number of anilines is 1. The van der Waals surface area contributed by atoms with E-state index in [2.05, 4.69) is 31.5 Å². The molecule has 1 aromatic heterocycles. The van der Waals surface area contributed by atoms with Gasteiger partial charge in [0.05, 0.1) is 5.69 Å². The van der Waals surface area contributed by atoms with Crippen molar-refractivity contribution in [2.24, 2.45) is 0 Å². The zero-order chi connectivity index (χ0) is 15.0. The molecule has 21 heavy (non-hydrogen) atoms. The lowest BCUT2D eigenvalue weighted by Gasteiger charge is -2.07. The first kappa shape index (κ1) is 14.0. The lowest BCUT2D eigenvalue weighted by molar-refractivity contribution is 0.625. The maximum Gasteiger partial charge on any atom is 0.187 e. The van der Waals surface area contributed by atoms with Crippen LogP contribution in [-0.4, -0.2) is 20.2 Å². The van der Waals surface area contributed by atoms with Crippen LogP contribution in [0.3, 0.4) is 0 Å². The predicted molar refractivity (Wildman–Crippen MR) is 81.7 cm³/mol. The Morgan fingerprint density at radius 3 is 2.71 bits per heavy atom. The average Bonchev–Trinajstić information content (AvgIpc) is 2.90. The molecule has 2 N–H and O–H groups in total. The fourth-order valence-electron chi connectivity index (χ4n) is 1.89. The Bertz CT molecular complexity index is 800. The molecule has 2 aromatic carbocycles. The van der Waals surface area contributed by atoms with Gasteiger partial charge in [-0.1, -0.05) is 11.6 Å². The number of aromatic nitrogens is 4. The van der Waals surface area contributed by atoms with Gasteiger partial charge in [0.25, 0.3) is 0 Å². The molecule has 0 aliphatic rings. The number of halogens is 3. The van der Waals surface area contributed by atoms with Crippen LogP contribution in [0.15, 0.2) is 40.9 Å². The Balaban J connectivity index is 2.14. The van der Waals surface area contributed by atoms with Gasteiger partial charge in [0.1, 0.15) is 5.82 Å². The van der Waals surface area contributed by atoms with E-state index in [0.29, 0.717) is 22.8 Å². The zero-order valence-electron chi connectivity index (χ0n) is 10.5. The molecule has 0 saturated carbocycles. The molecule has 0 bridgehead atoms. The van der Waals surface area contributed by atoms with Crippen LogP contribution in [0.2, 0.25) is 5.02 Å². The van der Waals surface area contributed by atoms with Gasteiger partial charge in [-0.3, -0.25) is 0 Å². The molecule has 0 unspecified atom stereocenters. The second kappa shape index (κ2) is 5.42. The lowest BCUT2D eigenvalue weighted by Crippen LogP contribution is -2.01. The second-order valence-corrected chi connectivity index (χ2v) is 5.57. The normalized spacial score (nSPS) is 10.8. The number of hydrogen-bond donors (Lipinski definition) is 1. The van der Waals surface area contributed by atoms with Crippen molar-refractivity contribution in [2.75, 3.05) is 5.73 Å². The molecule has 0 aliphatic heterocycles. The highest BCUT2D eigenvalue weighted by atomic mass is 79.9. The summed E-state index contributed by atoms with van der Waals surface area (Å²) in [5.74, 6) is -0.0230. The minimum absolute atomic E-state index is 0.266. The molecule has 0 saturated heterocycles. The molecule has 0 radical (unpaired) electrons. The van der Waals surface area contributed by atoms with E-state index in [1.807, 2.05) is 6.07 Å². The third-order valence-electron chi connectivity index (χ3n) is 2.82. The molecule has 5 nitrogen and oxygen atoms in total. The summed E-state index contributed by atoms with van der Waals surface area (Å²) in [7, 11) is 0. The fourth-order valence-corrected chi connectivity index (χ4v) is 2.35. The molecule has 0 spiro atoms. The third-order valence-corrected chi connectivity index (χ3v) is 3.76. The number of hydrogen-bond acceptors (Lipinski definition) is 4. The predicted octanol–water partition coefficient (Wildman–Crippen LogP) is 3.47. The Morgan fingerprint density at radius 1 is 1.19 bits per heavy atom. The van der Waals surface area contributed by atoms with Gasteiger partial charge in [-0.05, 0) is 62.8 Å². The molecule has 106 valence electrons. The minimum atomic E-state index is -0.464. The van der Waals surface area contributed by atoms with E-state index in [-0.39, 0.29) is 5.02 Å². The van der Waals surface area contributed by atoms with E-state index in [0.717, 1.165) is 4.47 Å². The van der Waals surface area contributed by atoms with Crippen LogP contribution in [0.5, 0.6) is 0 Å². The molecule has 0 atom stereocenters. The first-order valence-electron chi connectivity index (χ1n) is 5.85. The highest BCUT2D eigenvalue weighted by molar-refractivity contribution is 9.10. The van der Waals surface area contributed by atoms with Crippen molar-refractivity contribution >= 4 is 33.2 Å². The summed E-state index contributed by atoms with van der Waals surface area (Å²) in [6.45, 7) is 0. The molecule has 8 heteroatoms. The fraction of sp³-hybridized carbons (Fsp3) is 0. The van der Waals surface area contributed by atoms with Gasteiger partial charge >= 0.3 is 0 Å². The molecule has 0 amide bonds. The van der Waals surface area contributed by atoms with Gasteiger partial charge in [-0.2, -0.15) is 4.68 Å². The van der Waals surface area contributed by atoms with Crippen LogP contribution in [0.1, 0.15) is 0 Å². The van der Waals surface area contributed by atoms with Gasteiger partial charge in [0, 0.05) is 20.7 Å². The first-order valence-corrected chi connectivity index (χ1v) is 7.02. The quantitative estimate of drug-likeness (QED) is 0.703. The van der Waals surface area contributed by atoms with Gasteiger partial charge in [0.2, 0.25) is 0 Å². The summed E-state index contributed by atoms with van der Waals surface area (Å²) >= 11 is 9.19. The number of rotatable bonds is 2. The zero-order valence-corrected chi connectivity index (χ0v) is 12.8. The summed E-state index contributed by atoms with van der Waals surface area (Å²) in [6, 6.07) is 9.42. The van der Waals surface area contributed by atoms with Crippen LogP contribution >= 0.6 is 27.5 Å². The second-order valence-electron chi connectivity index (χ2n) is 4.28. The van der Waals surface area contributed by atoms with Gasteiger partial charge in [0.15, 0.2) is 5.82 Å². The van der Waals surface area contributed by atoms with Crippen LogP contribution in [0.4, 0.5) is 10.1 Å². The van der Waals surface area contributed by atoms with Crippen molar-refractivity contribution in [1.29, 1.82) is 0 Å². The smallest absolute Gasteiger partial charge is 0.187 e. The highest BCUT2D eigenvalue weighted by Gasteiger charge is 2.13. The number of tetrazole rings is 1. The number of nitrogen functional groups attached to an aromatic ring is 1. The summed E-state index contributed by atoms with van der Waals surface area (Å²) < 4.78 is 15.7. The number of nitrogens with zero attached hydrogens (tertiary/aromatic N) is 4. The Labute approximate surface area is 132 Å². The molecular formula is C13H8BrClFN5. The summed E-state index contributed by atoms with van der Waals surface area (Å²) in [6.07, 6.45) is 0. The monoisotopic (exact) mass is 367 g/mol. The Hall–Kier alpha value is -1.99. The lowest BCUT2D eigenvalue weighted by atomic mass is 10.2. The summed E-state index contributed by atoms with van der Waals surface area (Å²) in [5, 5.41) is 11.7. The molecule has 3 rings (SSSR count). The van der Waals surface area contributed by atoms with E-state index in [1.165, 1.54) is 16.8 Å². The van der Waals surface area contributed by atoms with E-state index >= 15 is 0 Å². The van der Waals surface area contributed by atoms with Crippen LogP contribution in [-0.2, 0) is 0 Å². The molecular weight excluding hydrogens is 361 g/mol. The van der Waals surface area contributed by atoms with Gasteiger partial charge < -0.3 is 5.73 Å². The van der Waals surface area contributed by atoms with Crippen molar-refractivity contribution in [3.8, 4) is 17.1 Å². The van der Waals surface area contributed by atoms with Crippen molar-refractivity contribution in [3.05, 3.63) is 51.7 Å². The molecule has 0 fully saturated rings. The highest BCUT2D eigenvalue weighted by Crippen LogP contribution is 2.27. The topological polar surface area (TPSA) is 69.6 Å². The van der Waals surface area contributed by atoms with E-state index in [4.69, 9.17) is 17.3 Å². The maximum atomic E-state index is 13.5. The van der Waals surface area contributed by atoms with Crippen molar-refractivity contribution < 1.29 is 4.39 Å². The van der Waals surface area contributed by atoms with Crippen molar-refractivity contribution in [3.63, 3.8) is 0 Å². The molecule has 3 aromatic rings. The van der Waals surface area contributed by atoms with Gasteiger partial charge in [-0.25, -0.2) is 4.39 Å². The van der Waals surface area contributed by atoms with Gasteiger partial charge in [-0.15, -0.1) is 5.10 Å².